The van der Waals surface area contributed by atoms with E-state index in [-0.39, 0.29) is 5.91 Å². The molecular weight excluding hydrogens is 390 g/mol. The first-order valence-corrected chi connectivity index (χ1v) is 8.76. The molecule has 1 amide bonds. The molecule has 1 N–H and O–H groups in total. The van der Waals surface area contributed by atoms with Crippen molar-refractivity contribution >= 4 is 34.9 Å². The molecule has 9 nitrogen and oxygen atoms in total. The summed E-state index contributed by atoms with van der Waals surface area (Å²) in [7, 11) is 0. The van der Waals surface area contributed by atoms with Gasteiger partial charge in [0.05, 0.1) is 28.8 Å². The maximum atomic E-state index is 12.2. The lowest BCUT2D eigenvalue weighted by molar-refractivity contribution is 0.102. The van der Waals surface area contributed by atoms with Crippen molar-refractivity contribution in [2.75, 3.05) is 5.32 Å². The van der Waals surface area contributed by atoms with Crippen molar-refractivity contribution in [2.24, 2.45) is 0 Å². The molecule has 1 aromatic carbocycles. The Hall–Kier alpha value is -3.24. The van der Waals surface area contributed by atoms with Gasteiger partial charge in [0, 0.05) is 11.1 Å². The number of aryl methyl sites for hydroxylation is 1. The van der Waals surface area contributed by atoms with Gasteiger partial charge >= 0.3 is 0 Å². The molecule has 134 valence electrons. The highest BCUT2D eigenvalue weighted by molar-refractivity contribution is 7.08. The van der Waals surface area contributed by atoms with Gasteiger partial charge in [0.25, 0.3) is 5.91 Å². The molecule has 0 atom stereocenters. The fourth-order valence-corrected chi connectivity index (χ4v) is 3.06. The third-order valence-electron chi connectivity index (χ3n) is 3.60. The molecule has 0 saturated carbocycles. The summed E-state index contributed by atoms with van der Waals surface area (Å²) in [6, 6.07) is 5.27. The van der Waals surface area contributed by atoms with Crippen molar-refractivity contribution in [2.45, 2.75) is 6.92 Å². The standard InChI is InChI=1S/C16H10ClN7O2S/c1-8-14(27-24-22-8)15(25)21-13-6-18-12(5-19-13)10-4-9(2-3-11(10)17)16-23-20-7-26-16/h2-7H,1H3,(H,19,21,25). The predicted octanol–water partition coefficient (Wildman–Crippen LogP) is 3.26. The van der Waals surface area contributed by atoms with Crippen LogP contribution in [0, 0.1) is 6.92 Å². The lowest BCUT2D eigenvalue weighted by Crippen LogP contribution is -2.13. The van der Waals surface area contributed by atoms with Gasteiger partial charge in [-0.1, -0.05) is 16.1 Å². The summed E-state index contributed by atoms with van der Waals surface area (Å²) in [5, 5.41) is 14.5. The molecule has 3 aromatic heterocycles. The minimum atomic E-state index is -0.332. The van der Waals surface area contributed by atoms with Crippen molar-refractivity contribution in [1.82, 2.24) is 29.8 Å². The lowest BCUT2D eigenvalue weighted by Gasteiger charge is -2.07. The molecular formula is C16H10ClN7O2S. The van der Waals surface area contributed by atoms with Crippen LogP contribution < -0.4 is 5.32 Å². The molecule has 0 fully saturated rings. The van der Waals surface area contributed by atoms with Gasteiger partial charge in [-0.3, -0.25) is 9.78 Å². The fraction of sp³-hybridized carbons (Fsp3) is 0.0625. The number of anilines is 1. The zero-order valence-electron chi connectivity index (χ0n) is 13.8. The van der Waals surface area contributed by atoms with Crippen molar-refractivity contribution in [3.8, 4) is 22.7 Å². The molecule has 4 rings (SSSR count). The topological polar surface area (TPSA) is 120 Å². The Balaban J connectivity index is 1.58. The third kappa shape index (κ3) is 3.52. The second-order valence-corrected chi connectivity index (χ2v) is 6.53. The summed E-state index contributed by atoms with van der Waals surface area (Å²) >= 11 is 7.30. The van der Waals surface area contributed by atoms with Crippen molar-refractivity contribution in [3.63, 3.8) is 0 Å². The number of benzene rings is 1. The summed E-state index contributed by atoms with van der Waals surface area (Å²) in [5.74, 6) is 0.347. The van der Waals surface area contributed by atoms with E-state index in [1.165, 1.54) is 18.8 Å². The molecule has 0 radical (unpaired) electrons. The first-order chi connectivity index (χ1) is 13.1. The number of halogens is 1. The average Bonchev–Trinajstić information content (AvgIpc) is 3.35. The fourth-order valence-electron chi connectivity index (χ4n) is 2.30. The van der Waals surface area contributed by atoms with E-state index in [0.717, 1.165) is 11.5 Å². The number of hydrogen-bond donors (Lipinski definition) is 1. The van der Waals surface area contributed by atoms with Gasteiger partial charge in [-0.25, -0.2) is 4.98 Å². The third-order valence-corrected chi connectivity index (χ3v) is 4.76. The Morgan fingerprint density at radius 1 is 1.22 bits per heavy atom. The highest BCUT2D eigenvalue weighted by Crippen LogP contribution is 2.30. The average molecular weight is 400 g/mol. The van der Waals surface area contributed by atoms with Crippen molar-refractivity contribution in [1.29, 1.82) is 0 Å². The van der Waals surface area contributed by atoms with Crippen LogP contribution in [-0.2, 0) is 0 Å². The maximum Gasteiger partial charge on any atom is 0.270 e. The summed E-state index contributed by atoms with van der Waals surface area (Å²) in [4.78, 5) is 21.2. The first-order valence-electron chi connectivity index (χ1n) is 7.60. The van der Waals surface area contributed by atoms with E-state index >= 15 is 0 Å². The molecule has 4 aromatic rings. The molecule has 0 bridgehead atoms. The largest absolute Gasteiger partial charge is 0.423 e. The van der Waals surface area contributed by atoms with Crippen LogP contribution in [0.4, 0.5) is 5.82 Å². The highest BCUT2D eigenvalue weighted by atomic mass is 35.5. The Morgan fingerprint density at radius 2 is 2.11 bits per heavy atom. The van der Waals surface area contributed by atoms with Crippen LogP contribution in [0.5, 0.6) is 0 Å². The number of nitrogens with zero attached hydrogens (tertiary/aromatic N) is 6. The molecule has 0 unspecified atom stereocenters. The second kappa shape index (κ2) is 7.17. The highest BCUT2D eigenvalue weighted by Gasteiger charge is 2.15. The van der Waals surface area contributed by atoms with E-state index in [1.807, 2.05) is 0 Å². The molecule has 0 aliphatic heterocycles. The maximum absolute atomic E-state index is 12.2. The van der Waals surface area contributed by atoms with E-state index < -0.39 is 0 Å². The Morgan fingerprint density at radius 3 is 2.78 bits per heavy atom. The number of carbonyl (C=O) groups is 1. The van der Waals surface area contributed by atoms with Gasteiger partial charge in [0.15, 0.2) is 5.82 Å². The Bertz CT molecular complexity index is 1100. The van der Waals surface area contributed by atoms with Crippen LogP contribution in [0.15, 0.2) is 41.4 Å². The zero-order valence-corrected chi connectivity index (χ0v) is 15.3. The molecule has 0 aliphatic rings. The Labute approximate surface area is 161 Å². The van der Waals surface area contributed by atoms with E-state index in [2.05, 4.69) is 35.1 Å². The van der Waals surface area contributed by atoms with Crippen LogP contribution in [0.1, 0.15) is 15.4 Å². The van der Waals surface area contributed by atoms with Gasteiger partial charge in [0.1, 0.15) is 4.88 Å². The van der Waals surface area contributed by atoms with Crippen LogP contribution in [0.2, 0.25) is 5.02 Å². The van der Waals surface area contributed by atoms with Gasteiger partial charge in [-0.15, -0.1) is 15.3 Å². The minimum absolute atomic E-state index is 0.306. The molecule has 11 heteroatoms. The van der Waals surface area contributed by atoms with Crippen LogP contribution in [0.3, 0.4) is 0 Å². The molecule has 0 saturated heterocycles. The minimum Gasteiger partial charge on any atom is -0.423 e. The smallest absolute Gasteiger partial charge is 0.270 e. The lowest BCUT2D eigenvalue weighted by atomic mass is 10.1. The quantitative estimate of drug-likeness (QED) is 0.555. The van der Waals surface area contributed by atoms with E-state index in [9.17, 15) is 4.79 Å². The first kappa shape index (κ1) is 17.2. The van der Waals surface area contributed by atoms with Crippen LogP contribution in [-0.4, -0.2) is 35.7 Å². The monoisotopic (exact) mass is 399 g/mol. The van der Waals surface area contributed by atoms with E-state index in [4.69, 9.17) is 16.0 Å². The summed E-state index contributed by atoms with van der Waals surface area (Å²) in [6.45, 7) is 1.71. The molecule has 0 spiro atoms. The number of hydrogen-bond acceptors (Lipinski definition) is 9. The zero-order chi connectivity index (χ0) is 18.8. The second-order valence-electron chi connectivity index (χ2n) is 5.37. The number of carbonyl (C=O) groups excluding carboxylic acids is 1. The van der Waals surface area contributed by atoms with Crippen molar-refractivity contribution in [3.05, 3.63) is 52.6 Å². The molecule has 27 heavy (non-hydrogen) atoms. The normalized spacial score (nSPS) is 10.7. The van der Waals surface area contributed by atoms with Crippen LogP contribution in [0.25, 0.3) is 22.7 Å². The van der Waals surface area contributed by atoms with Gasteiger partial charge in [0.2, 0.25) is 12.3 Å². The summed E-state index contributed by atoms with van der Waals surface area (Å²) in [6.07, 6.45) is 4.22. The molecule has 3 heterocycles. The Kier molecular flexibility index (Phi) is 4.57. The van der Waals surface area contributed by atoms with E-state index in [1.54, 1.807) is 25.1 Å². The molecule has 0 aliphatic carbocycles. The van der Waals surface area contributed by atoms with Gasteiger partial charge < -0.3 is 9.73 Å². The summed E-state index contributed by atoms with van der Waals surface area (Å²) < 4.78 is 8.94. The number of nitrogens with one attached hydrogen (secondary N) is 1. The van der Waals surface area contributed by atoms with Gasteiger partial charge in [-0.2, -0.15) is 0 Å². The number of amides is 1. The number of rotatable bonds is 4. The summed E-state index contributed by atoms with van der Waals surface area (Å²) in [5.41, 5.74) is 2.46. The van der Waals surface area contributed by atoms with Gasteiger partial charge in [-0.05, 0) is 36.7 Å². The number of aromatic nitrogens is 6. The van der Waals surface area contributed by atoms with Crippen molar-refractivity contribution < 1.29 is 9.21 Å². The van der Waals surface area contributed by atoms with Crippen LogP contribution >= 0.6 is 23.1 Å². The predicted molar refractivity (Wildman–Crippen MR) is 98.4 cm³/mol. The SMILES string of the molecule is Cc1nnsc1C(=O)Nc1cnc(-c2cc(-c3nnco3)ccc2Cl)cn1. The van der Waals surface area contributed by atoms with E-state index in [0.29, 0.717) is 44.1 Å².